The topological polar surface area (TPSA) is 39.7 Å². The van der Waals surface area contributed by atoms with Crippen molar-refractivity contribution < 1.29 is 0 Å². The van der Waals surface area contributed by atoms with E-state index >= 15 is 0 Å². The highest BCUT2D eigenvalue weighted by Gasteiger charge is 2.23. The lowest BCUT2D eigenvalue weighted by molar-refractivity contribution is 0.599. The molecule has 0 aliphatic carbocycles. The van der Waals surface area contributed by atoms with E-state index in [4.69, 9.17) is 16.6 Å². The van der Waals surface area contributed by atoms with Crippen molar-refractivity contribution in [1.82, 2.24) is 10.6 Å². The zero-order valence-corrected chi connectivity index (χ0v) is 18.0. The smallest absolute Gasteiger partial charge is 0.191 e. The molecule has 1 unspecified atom stereocenters. The summed E-state index contributed by atoms with van der Waals surface area (Å²) in [7, 11) is 0. The van der Waals surface area contributed by atoms with Gasteiger partial charge in [-0.2, -0.15) is 0 Å². The van der Waals surface area contributed by atoms with Crippen LogP contribution in [-0.4, -0.2) is 38.7 Å². The van der Waals surface area contributed by atoms with Gasteiger partial charge in [0.1, 0.15) is 0 Å². The molecule has 0 bridgehead atoms. The quantitative estimate of drug-likeness (QED) is 0.379. The number of benzene rings is 1. The van der Waals surface area contributed by atoms with Crippen LogP contribution in [0.3, 0.4) is 0 Å². The van der Waals surface area contributed by atoms with Crippen LogP contribution in [0.1, 0.15) is 32.3 Å². The second-order valence-corrected chi connectivity index (χ2v) is 6.61. The molecule has 2 N–H and O–H groups in total. The van der Waals surface area contributed by atoms with Gasteiger partial charge in [-0.05, 0) is 50.3 Å². The minimum atomic E-state index is 0. The van der Waals surface area contributed by atoms with Crippen LogP contribution in [0.2, 0.25) is 5.02 Å². The lowest BCUT2D eigenvalue weighted by atomic mass is 10.1. The van der Waals surface area contributed by atoms with E-state index in [9.17, 15) is 0 Å². The lowest BCUT2D eigenvalue weighted by Gasteiger charge is -2.21. The molecule has 24 heavy (non-hydrogen) atoms. The SMILES string of the molecule is CCCNC(=NCC1CCN(c2cc(Cl)ccc2C)C1)NCC.I. The van der Waals surface area contributed by atoms with Crippen LogP contribution in [-0.2, 0) is 0 Å². The fourth-order valence-electron chi connectivity index (χ4n) is 2.93. The van der Waals surface area contributed by atoms with Gasteiger partial charge in [-0.1, -0.05) is 24.6 Å². The molecule has 1 aliphatic heterocycles. The fourth-order valence-corrected chi connectivity index (χ4v) is 3.10. The predicted octanol–water partition coefficient (Wildman–Crippen LogP) is 4.06. The summed E-state index contributed by atoms with van der Waals surface area (Å²) in [6, 6.07) is 6.14. The number of nitrogens with one attached hydrogen (secondary N) is 2. The third-order valence-corrected chi connectivity index (χ3v) is 4.43. The Kier molecular flexibility index (Phi) is 9.81. The van der Waals surface area contributed by atoms with E-state index < -0.39 is 0 Å². The average molecular weight is 465 g/mol. The summed E-state index contributed by atoms with van der Waals surface area (Å²) in [5.41, 5.74) is 2.55. The third kappa shape index (κ3) is 6.31. The molecule has 1 heterocycles. The summed E-state index contributed by atoms with van der Waals surface area (Å²) in [4.78, 5) is 7.18. The Morgan fingerprint density at radius 1 is 1.33 bits per heavy atom. The van der Waals surface area contributed by atoms with Crippen molar-refractivity contribution in [2.45, 2.75) is 33.6 Å². The van der Waals surface area contributed by atoms with Crippen molar-refractivity contribution in [3.63, 3.8) is 0 Å². The van der Waals surface area contributed by atoms with E-state index in [1.807, 2.05) is 6.07 Å². The van der Waals surface area contributed by atoms with Crippen LogP contribution in [0.5, 0.6) is 0 Å². The first-order valence-corrected chi connectivity index (χ1v) is 9.05. The number of aliphatic imine (C=N–C) groups is 1. The van der Waals surface area contributed by atoms with Crippen molar-refractivity contribution in [3.8, 4) is 0 Å². The molecule has 0 spiro atoms. The second-order valence-electron chi connectivity index (χ2n) is 6.18. The first kappa shape index (κ1) is 21.4. The maximum atomic E-state index is 6.15. The van der Waals surface area contributed by atoms with Crippen molar-refractivity contribution in [2.24, 2.45) is 10.9 Å². The molecule has 1 aromatic rings. The van der Waals surface area contributed by atoms with Crippen LogP contribution >= 0.6 is 35.6 Å². The predicted molar refractivity (Wildman–Crippen MR) is 116 cm³/mol. The average Bonchev–Trinajstić information content (AvgIpc) is 3.01. The molecule has 1 aliphatic rings. The molecule has 2 rings (SSSR count). The van der Waals surface area contributed by atoms with Crippen LogP contribution in [0.4, 0.5) is 5.69 Å². The summed E-state index contributed by atoms with van der Waals surface area (Å²) >= 11 is 6.15. The van der Waals surface area contributed by atoms with E-state index in [2.05, 4.69) is 48.4 Å². The van der Waals surface area contributed by atoms with Gasteiger partial charge in [0.05, 0.1) is 0 Å². The maximum absolute atomic E-state index is 6.15. The number of hydrogen-bond donors (Lipinski definition) is 2. The van der Waals surface area contributed by atoms with Crippen molar-refractivity contribution in [2.75, 3.05) is 37.6 Å². The molecule has 0 radical (unpaired) electrons. The zero-order valence-electron chi connectivity index (χ0n) is 14.9. The molecule has 0 saturated carbocycles. The fraction of sp³-hybridized carbons (Fsp3) is 0.611. The zero-order chi connectivity index (χ0) is 16.7. The van der Waals surface area contributed by atoms with E-state index in [1.54, 1.807) is 0 Å². The van der Waals surface area contributed by atoms with E-state index in [-0.39, 0.29) is 24.0 Å². The molecule has 0 aromatic heterocycles. The first-order valence-electron chi connectivity index (χ1n) is 8.67. The Bertz CT molecular complexity index is 536. The highest BCUT2D eigenvalue weighted by atomic mass is 127. The second kappa shape index (κ2) is 11.0. The Hall–Kier alpha value is -0.690. The molecule has 4 nitrogen and oxygen atoms in total. The highest BCUT2D eigenvalue weighted by Crippen LogP contribution is 2.29. The summed E-state index contributed by atoms with van der Waals surface area (Å²) in [6.07, 6.45) is 2.29. The molecule has 136 valence electrons. The van der Waals surface area contributed by atoms with Gasteiger partial charge in [0, 0.05) is 43.4 Å². The number of anilines is 1. The number of aryl methyl sites for hydroxylation is 1. The van der Waals surface area contributed by atoms with Gasteiger partial charge in [-0.3, -0.25) is 4.99 Å². The van der Waals surface area contributed by atoms with Crippen molar-refractivity contribution in [1.29, 1.82) is 0 Å². The van der Waals surface area contributed by atoms with E-state index in [1.165, 1.54) is 17.7 Å². The summed E-state index contributed by atoms with van der Waals surface area (Å²) in [5, 5.41) is 7.48. The van der Waals surface area contributed by atoms with Crippen LogP contribution < -0.4 is 15.5 Å². The molecule has 0 amide bonds. The summed E-state index contributed by atoms with van der Waals surface area (Å²) in [5.74, 6) is 1.54. The maximum Gasteiger partial charge on any atom is 0.191 e. The highest BCUT2D eigenvalue weighted by molar-refractivity contribution is 14.0. The van der Waals surface area contributed by atoms with E-state index in [0.717, 1.165) is 50.1 Å². The van der Waals surface area contributed by atoms with Gasteiger partial charge in [-0.25, -0.2) is 0 Å². The molecule has 1 aromatic carbocycles. The molecule has 1 atom stereocenters. The number of nitrogens with zero attached hydrogens (tertiary/aromatic N) is 2. The number of hydrogen-bond acceptors (Lipinski definition) is 2. The summed E-state index contributed by atoms with van der Waals surface area (Å²) in [6.45, 7) is 11.3. The first-order chi connectivity index (χ1) is 11.1. The molecular weight excluding hydrogens is 435 g/mol. The molecule has 1 saturated heterocycles. The van der Waals surface area contributed by atoms with Gasteiger partial charge in [0.25, 0.3) is 0 Å². The summed E-state index contributed by atoms with van der Waals surface area (Å²) < 4.78 is 0. The van der Waals surface area contributed by atoms with Gasteiger partial charge in [-0.15, -0.1) is 24.0 Å². The minimum Gasteiger partial charge on any atom is -0.371 e. The van der Waals surface area contributed by atoms with Crippen molar-refractivity contribution in [3.05, 3.63) is 28.8 Å². The number of halogens is 2. The Labute approximate surface area is 168 Å². The minimum absolute atomic E-state index is 0. The monoisotopic (exact) mass is 464 g/mol. The normalized spacial score (nSPS) is 17.6. The Morgan fingerprint density at radius 3 is 2.83 bits per heavy atom. The molecular formula is C18H30ClIN4. The molecule has 1 fully saturated rings. The van der Waals surface area contributed by atoms with Crippen LogP contribution in [0.25, 0.3) is 0 Å². The Balaban J connectivity index is 0.00000288. The van der Waals surface area contributed by atoms with Crippen LogP contribution in [0, 0.1) is 12.8 Å². The number of rotatable bonds is 6. The largest absolute Gasteiger partial charge is 0.371 e. The van der Waals surface area contributed by atoms with E-state index in [0.29, 0.717) is 5.92 Å². The van der Waals surface area contributed by atoms with Gasteiger partial charge in [0.15, 0.2) is 5.96 Å². The lowest BCUT2D eigenvalue weighted by Crippen LogP contribution is -2.38. The van der Waals surface area contributed by atoms with Gasteiger partial charge >= 0.3 is 0 Å². The number of guanidine groups is 1. The van der Waals surface area contributed by atoms with Crippen LogP contribution in [0.15, 0.2) is 23.2 Å². The van der Waals surface area contributed by atoms with Crippen molar-refractivity contribution >= 4 is 47.2 Å². The van der Waals surface area contributed by atoms with Gasteiger partial charge in [0.2, 0.25) is 0 Å². The van der Waals surface area contributed by atoms with Gasteiger partial charge < -0.3 is 15.5 Å². The Morgan fingerprint density at radius 2 is 2.12 bits per heavy atom. The third-order valence-electron chi connectivity index (χ3n) is 4.19. The standard InChI is InChI=1S/C18H29ClN4.HI/c1-4-9-21-18(20-5-2)22-12-15-8-10-23(13-15)17-11-16(19)7-6-14(17)3;/h6-7,11,15H,4-5,8-10,12-13H2,1-3H3,(H2,20,21,22);1H. The molecule has 6 heteroatoms.